The van der Waals surface area contributed by atoms with Gasteiger partial charge in [0, 0.05) is 24.4 Å². The third-order valence-electron chi connectivity index (χ3n) is 5.70. The summed E-state index contributed by atoms with van der Waals surface area (Å²) in [4.78, 5) is 1.79. The summed E-state index contributed by atoms with van der Waals surface area (Å²) in [5, 5.41) is 7.55. The van der Waals surface area contributed by atoms with Gasteiger partial charge in [-0.15, -0.1) is 0 Å². The molecule has 1 aromatic carbocycles. The Morgan fingerprint density at radius 3 is 2.61 bits per heavy atom. The molecule has 4 rings (SSSR count). The molecular formula is C19H30N3S+. The number of anilines is 1. The maximum atomic E-state index is 5.49. The van der Waals surface area contributed by atoms with Gasteiger partial charge in [0.25, 0.3) is 0 Å². The van der Waals surface area contributed by atoms with Crippen LogP contribution in [0.25, 0.3) is 0 Å². The van der Waals surface area contributed by atoms with Crippen molar-refractivity contribution in [2.45, 2.75) is 46.1 Å². The summed E-state index contributed by atoms with van der Waals surface area (Å²) >= 11 is 5.49. The summed E-state index contributed by atoms with van der Waals surface area (Å²) in [6.07, 6.45) is 4.14. The average Bonchev–Trinajstić information content (AvgIpc) is 2.52. The van der Waals surface area contributed by atoms with Gasteiger partial charge in [0.05, 0.1) is 19.6 Å². The predicted molar refractivity (Wildman–Crippen MR) is 101 cm³/mol. The van der Waals surface area contributed by atoms with Crippen molar-refractivity contribution in [2.24, 2.45) is 11.8 Å². The van der Waals surface area contributed by atoms with E-state index in [0.29, 0.717) is 0 Å². The fraction of sp³-hybridized carbons (Fsp3) is 0.632. The van der Waals surface area contributed by atoms with Gasteiger partial charge in [-0.3, -0.25) is 0 Å². The fourth-order valence-corrected chi connectivity index (χ4v) is 4.77. The average molecular weight is 333 g/mol. The fourth-order valence-electron chi connectivity index (χ4n) is 4.57. The lowest BCUT2D eigenvalue weighted by Crippen LogP contribution is -3.20. The van der Waals surface area contributed by atoms with Crippen LogP contribution in [-0.2, 0) is 0 Å². The summed E-state index contributed by atoms with van der Waals surface area (Å²) in [6, 6.07) is 7.20. The number of piperidine rings is 3. The Morgan fingerprint density at radius 1 is 1.26 bits per heavy atom. The Hall–Kier alpha value is -1.13. The van der Waals surface area contributed by atoms with Crippen LogP contribution < -0.4 is 15.5 Å². The third-order valence-corrected chi connectivity index (χ3v) is 5.95. The monoisotopic (exact) mass is 332 g/mol. The quantitative estimate of drug-likeness (QED) is 0.739. The molecule has 4 heteroatoms. The van der Waals surface area contributed by atoms with E-state index in [-0.39, 0.29) is 0 Å². The molecule has 0 radical (unpaired) electrons. The third kappa shape index (κ3) is 4.04. The maximum Gasteiger partial charge on any atom is 0.170 e. The van der Waals surface area contributed by atoms with Crippen molar-refractivity contribution in [3.05, 3.63) is 29.3 Å². The predicted octanol–water partition coefficient (Wildman–Crippen LogP) is 2.29. The van der Waals surface area contributed by atoms with E-state index in [1.54, 1.807) is 4.90 Å². The standard InChI is InChI=1S/C19H29N3S/c1-4-15-12-22-6-5-16(15)10-18(22)11-20-19(23)21-17-8-13(2)7-14(3)9-17/h7-9,15-16,18H,4-6,10-12H2,1-3H3,(H2,20,21,23)/p+1/t15-,16-,18+/m0/s1. The highest BCUT2D eigenvalue weighted by Crippen LogP contribution is 2.28. The molecule has 3 saturated heterocycles. The van der Waals surface area contributed by atoms with E-state index in [1.165, 1.54) is 43.5 Å². The van der Waals surface area contributed by atoms with Crippen molar-refractivity contribution in [1.29, 1.82) is 0 Å². The second-order valence-corrected chi connectivity index (χ2v) is 7.88. The van der Waals surface area contributed by atoms with E-state index in [2.05, 4.69) is 49.6 Å². The number of aryl methyl sites for hydroxylation is 2. The van der Waals surface area contributed by atoms with E-state index < -0.39 is 0 Å². The first-order valence-electron chi connectivity index (χ1n) is 9.03. The molecule has 4 atom stereocenters. The second-order valence-electron chi connectivity index (χ2n) is 7.47. The summed E-state index contributed by atoms with van der Waals surface area (Å²) < 4.78 is 0. The van der Waals surface area contributed by atoms with E-state index >= 15 is 0 Å². The summed E-state index contributed by atoms with van der Waals surface area (Å²) in [6.45, 7) is 10.3. The highest BCUT2D eigenvalue weighted by atomic mass is 32.1. The van der Waals surface area contributed by atoms with Gasteiger partial charge in [0.1, 0.15) is 6.04 Å². The van der Waals surface area contributed by atoms with Crippen LogP contribution in [0.5, 0.6) is 0 Å². The first-order chi connectivity index (χ1) is 11.0. The molecule has 3 nitrogen and oxygen atoms in total. The van der Waals surface area contributed by atoms with Gasteiger partial charge in [-0.2, -0.15) is 0 Å². The Bertz CT molecular complexity index is 551. The molecule has 1 aromatic rings. The van der Waals surface area contributed by atoms with Crippen molar-refractivity contribution in [2.75, 3.05) is 25.0 Å². The van der Waals surface area contributed by atoms with Crippen molar-refractivity contribution >= 4 is 23.0 Å². The molecular weight excluding hydrogens is 302 g/mol. The van der Waals surface area contributed by atoms with Crippen LogP contribution in [0, 0.1) is 25.7 Å². The lowest BCUT2D eigenvalue weighted by Gasteiger charge is -2.46. The first-order valence-corrected chi connectivity index (χ1v) is 9.43. The van der Waals surface area contributed by atoms with Gasteiger partial charge >= 0.3 is 0 Å². The number of benzene rings is 1. The molecule has 1 unspecified atom stereocenters. The zero-order valence-electron chi connectivity index (χ0n) is 14.6. The lowest BCUT2D eigenvalue weighted by atomic mass is 9.74. The zero-order valence-corrected chi connectivity index (χ0v) is 15.4. The van der Waals surface area contributed by atoms with Crippen LogP contribution in [-0.4, -0.2) is 30.8 Å². The second kappa shape index (κ2) is 7.18. The van der Waals surface area contributed by atoms with Crippen LogP contribution in [0.2, 0.25) is 0 Å². The molecule has 126 valence electrons. The van der Waals surface area contributed by atoms with E-state index in [1.807, 2.05) is 0 Å². The van der Waals surface area contributed by atoms with Crippen molar-refractivity contribution in [3.8, 4) is 0 Å². The number of thiocarbonyl (C=S) groups is 1. The molecule has 3 N–H and O–H groups in total. The van der Waals surface area contributed by atoms with Crippen molar-refractivity contribution in [1.82, 2.24) is 5.32 Å². The minimum absolute atomic E-state index is 0.732. The first kappa shape index (κ1) is 16.7. The SMILES string of the molecule is CC[C@H]1C[NH+]2CC[C@H]1C[C@@H]2CNC(=S)Nc1cc(C)cc(C)c1. The van der Waals surface area contributed by atoms with Gasteiger partial charge in [0.2, 0.25) is 0 Å². The van der Waals surface area contributed by atoms with E-state index in [0.717, 1.165) is 35.2 Å². The minimum atomic E-state index is 0.732. The number of nitrogens with one attached hydrogen (secondary N) is 3. The highest BCUT2D eigenvalue weighted by molar-refractivity contribution is 7.80. The van der Waals surface area contributed by atoms with Gasteiger partial charge in [-0.25, -0.2) is 0 Å². The normalized spacial score (nSPS) is 29.3. The molecule has 3 fully saturated rings. The Balaban J connectivity index is 1.50. The van der Waals surface area contributed by atoms with Gasteiger partial charge < -0.3 is 15.5 Å². The number of rotatable bonds is 4. The Labute approximate surface area is 145 Å². The van der Waals surface area contributed by atoms with E-state index in [9.17, 15) is 0 Å². The largest absolute Gasteiger partial charge is 0.356 e. The smallest absolute Gasteiger partial charge is 0.170 e. The molecule has 0 saturated carbocycles. The van der Waals surface area contributed by atoms with E-state index in [4.69, 9.17) is 12.2 Å². The minimum Gasteiger partial charge on any atom is -0.356 e. The number of hydrogen-bond donors (Lipinski definition) is 3. The highest BCUT2D eigenvalue weighted by Gasteiger charge is 2.42. The molecule has 23 heavy (non-hydrogen) atoms. The summed E-state index contributed by atoms with van der Waals surface area (Å²) in [5.74, 6) is 1.90. The molecule has 2 bridgehead atoms. The Kier molecular flexibility index (Phi) is 5.22. The van der Waals surface area contributed by atoms with Crippen molar-refractivity contribution < 1.29 is 4.90 Å². The summed E-state index contributed by atoms with van der Waals surface area (Å²) in [5.41, 5.74) is 3.62. The number of hydrogen-bond acceptors (Lipinski definition) is 1. The topological polar surface area (TPSA) is 28.5 Å². The van der Waals surface area contributed by atoms with Crippen LogP contribution in [0.4, 0.5) is 5.69 Å². The molecule has 3 aliphatic heterocycles. The van der Waals surface area contributed by atoms with Gasteiger partial charge in [0.15, 0.2) is 5.11 Å². The molecule has 0 aliphatic carbocycles. The lowest BCUT2D eigenvalue weighted by molar-refractivity contribution is -0.945. The Morgan fingerprint density at radius 2 is 2.00 bits per heavy atom. The zero-order chi connectivity index (χ0) is 16.4. The van der Waals surface area contributed by atoms with Crippen molar-refractivity contribution in [3.63, 3.8) is 0 Å². The molecule has 3 heterocycles. The van der Waals surface area contributed by atoms with Crippen LogP contribution in [0.15, 0.2) is 18.2 Å². The van der Waals surface area contributed by atoms with Crippen LogP contribution in [0.1, 0.15) is 37.3 Å². The van der Waals surface area contributed by atoms with Gasteiger partial charge in [-0.05, 0) is 61.7 Å². The maximum absolute atomic E-state index is 5.49. The molecule has 0 spiro atoms. The van der Waals surface area contributed by atoms with Crippen LogP contribution in [0.3, 0.4) is 0 Å². The van der Waals surface area contributed by atoms with Gasteiger partial charge in [-0.1, -0.05) is 13.0 Å². The number of fused-ring (bicyclic) bond motifs is 3. The number of quaternary nitrogens is 1. The van der Waals surface area contributed by atoms with Crippen LogP contribution >= 0.6 is 12.2 Å². The summed E-state index contributed by atoms with van der Waals surface area (Å²) in [7, 11) is 0. The molecule has 3 aliphatic rings. The molecule has 0 amide bonds. The molecule has 0 aromatic heterocycles.